The Kier molecular flexibility index (Phi) is 54.4. The first-order chi connectivity index (χ1) is 26.4. The summed E-state index contributed by atoms with van der Waals surface area (Å²) in [6.07, 6.45) is 41.8. The second kappa shape index (κ2) is 50.3. The molecular weight excluding hydrogens is 755 g/mol. The summed E-state index contributed by atoms with van der Waals surface area (Å²) in [7, 11) is 0. The zero-order valence-corrected chi connectivity index (χ0v) is 41.0. The van der Waals surface area contributed by atoms with Gasteiger partial charge in [0.1, 0.15) is 5.78 Å². The van der Waals surface area contributed by atoms with E-state index in [0.29, 0.717) is 18.8 Å². The van der Waals surface area contributed by atoms with E-state index in [1.807, 2.05) is 0 Å². The molecule has 0 aromatic carbocycles. The van der Waals surface area contributed by atoms with Gasteiger partial charge in [0.05, 0.1) is 18.6 Å². The second-order valence-corrected chi connectivity index (χ2v) is 16.7. The molecule has 0 heterocycles. The number of Topliss-reactive ketones (excluding diaryl/α,β-unsaturated/α-hetero) is 1. The third-order valence-corrected chi connectivity index (χ3v) is 11.0. The largest absolute Gasteiger partial charge is 0.465 e. The number of aliphatic hydroxyl groups is 1. The Bertz CT molecular complexity index is 750. The van der Waals surface area contributed by atoms with Gasteiger partial charge in [0.25, 0.3) is 0 Å². The predicted octanol–water partition coefficient (Wildman–Crippen LogP) is 14.9. The Morgan fingerprint density at radius 3 is 1.33 bits per heavy atom. The molecular formula is C49H98NO4Y-. The number of carbonyl (C=O) groups excluding carboxylic acids is 2. The molecule has 1 N–H and O–H groups in total. The predicted molar refractivity (Wildman–Crippen MR) is 237 cm³/mol. The van der Waals surface area contributed by atoms with Crippen molar-refractivity contribution in [3.8, 4) is 0 Å². The first-order valence-corrected chi connectivity index (χ1v) is 24.2. The summed E-state index contributed by atoms with van der Waals surface area (Å²) in [6, 6.07) is 0. The molecule has 0 aromatic rings. The number of unbranched alkanes of at least 4 members (excludes halogenated alkanes) is 23. The number of hydrogen-bond acceptors (Lipinski definition) is 5. The van der Waals surface area contributed by atoms with Gasteiger partial charge in [-0.25, -0.2) is 0 Å². The van der Waals surface area contributed by atoms with Gasteiger partial charge in [-0.2, -0.15) is 6.42 Å². The van der Waals surface area contributed by atoms with Crippen molar-refractivity contribution in [2.75, 3.05) is 26.2 Å². The molecule has 5 nitrogen and oxygen atoms in total. The molecule has 2 atom stereocenters. The molecule has 0 aliphatic heterocycles. The van der Waals surface area contributed by atoms with Gasteiger partial charge in [0.2, 0.25) is 0 Å². The molecule has 0 bridgehead atoms. The number of ketones is 1. The van der Waals surface area contributed by atoms with Crippen LogP contribution in [-0.4, -0.2) is 54.1 Å². The fourth-order valence-corrected chi connectivity index (χ4v) is 7.30. The summed E-state index contributed by atoms with van der Waals surface area (Å²) in [4.78, 5) is 26.6. The van der Waals surface area contributed by atoms with Crippen LogP contribution in [0.2, 0.25) is 0 Å². The maximum absolute atomic E-state index is 12.8. The zero-order chi connectivity index (χ0) is 40.2. The standard InChI is InChI=1S/C34H66NO3.C15H32O.Y/c1-5-8-11-14-15-19-27-33(26-18-12-9-6-2)34(37)38-31-24-17-16-22-29-35(28-21-13-10-7-3)30-23-20-25-32(4)36;1-3-5-7-9-10-12-14-15(16)13-11-8-6-4-2;/h33H,3,5-31H2,1-2,4H3;15-16H,3-14H2,1-2H3;/q-1;;. The monoisotopic (exact) mass is 854 g/mol. The molecule has 6 heteroatoms. The van der Waals surface area contributed by atoms with E-state index in [9.17, 15) is 14.7 Å². The van der Waals surface area contributed by atoms with Crippen molar-refractivity contribution in [1.29, 1.82) is 0 Å². The Morgan fingerprint density at radius 2 is 0.873 bits per heavy atom. The Hall–Kier alpha value is 0.164. The van der Waals surface area contributed by atoms with Crippen molar-refractivity contribution in [2.45, 2.75) is 265 Å². The Labute approximate surface area is 371 Å². The topological polar surface area (TPSA) is 66.8 Å². The van der Waals surface area contributed by atoms with Gasteiger partial charge in [-0.3, -0.25) is 4.79 Å². The molecule has 0 amide bonds. The minimum atomic E-state index is -0.0250. The zero-order valence-electron chi connectivity index (χ0n) is 38.1. The maximum atomic E-state index is 12.8. The average Bonchev–Trinajstić information content (AvgIpc) is 3.16. The number of ether oxygens (including phenoxy) is 1. The van der Waals surface area contributed by atoms with Crippen LogP contribution in [0.1, 0.15) is 259 Å². The molecule has 0 fully saturated rings. The van der Waals surface area contributed by atoms with Gasteiger partial charge in [0, 0.05) is 39.1 Å². The number of nitrogens with zero attached hydrogens (tertiary/aromatic N) is 1. The summed E-state index contributed by atoms with van der Waals surface area (Å²) in [5.74, 6) is 0.477. The van der Waals surface area contributed by atoms with E-state index in [2.05, 4.69) is 39.5 Å². The van der Waals surface area contributed by atoms with Gasteiger partial charge in [0.15, 0.2) is 0 Å². The summed E-state index contributed by atoms with van der Waals surface area (Å²) in [5, 5.41) is 9.75. The maximum Gasteiger partial charge on any atom is 0.308 e. The normalized spacial score (nSPS) is 12.2. The second-order valence-electron chi connectivity index (χ2n) is 16.7. The molecule has 55 heavy (non-hydrogen) atoms. The average molecular weight is 854 g/mol. The first kappa shape index (κ1) is 59.5. The molecule has 327 valence electrons. The van der Waals surface area contributed by atoms with Gasteiger partial charge in [-0.1, -0.05) is 182 Å². The van der Waals surface area contributed by atoms with Gasteiger partial charge in [-0.05, 0) is 84.3 Å². The Balaban J connectivity index is -0.00000133. The molecule has 0 saturated carbocycles. The number of hydrogen-bond donors (Lipinski definition) is 1. The summed E-state index contributed by atoms with van der Waals surface area (Å²) in [6.45, 7) is 18.6. The van der Waals surface area contributed by atoms with Crippen LogP contribution in [0.3, 0.4) is 0 Å². The fourth-order valence-electron chi connectivity index (χ4n) is 7.30. The van der Waals surface area contributed by atoms with Crippen LogP contribution in [0, 0.1) is 12.8 Å². The number of esters is 1. The molecule has 0 aliphatic rings. The van der Waals surface area contributed by atoms with Crippen LogP contribution in [-0.2, 0) is 47.0 Å². The molecule has 2 unspecified atom stereocenters. The van der Waals surface area contributed by atoms with E-state index in [-0.39, 0.29) is 50.7 Å². The number of rotatable bonds is 42. The smallest absolute Gasteiger partial charge is 0.308 e. The molecule has 0 rings (SSSR count). The minimum absolute atomic E-state index is 0. The minimum Gasteiger partial charge on any atom is -0.465 e. The molecule has 1 radical (unpaired) electrons. The number of carbonyl (C=O) groups is 2. The third kappa shape index (κ3) is 48.4. The van der Waals surface area contributed by atoms with Crippen LogP contribution in [0.5, 0.6) is 0 Å². The van der Waals surface area contributed by atoms with Crippen LogP contribution in [0.15, 0.2) is 0 Å². The first-order valence-electron chi connectivity index (χ1n) is 24.2. The Morgan fingerprint density at radius 1 is 0.509 bits per heavy atom. The fraction of sp³-hybridized carbons (Fsp3) is 0.939. The van der Waals surface area contributed by atoms with Gasteiger partial charge >= 0.3 is 5.97 Å². The van der Waals surface area contributed by atoms with Crippen molar-refractivity contribution >= 4 is 11.8 Å². The van der Waals surface area contributed by atoms with Crippen LogP contribution in [0.4, 0.5) is 0 Å². The van der Waals surface area contributed by atoms with E-state index >= 15 is 0 Å². The van der Waals surface area contributed by atoms with Crippen LogP contribution >= 0.6 is 0 Å². The van der Waals surface area contributed by atoms with Crippen molar-refractivity contribution in [3.05, 3.63) is 6.92 Å². The van der Waals surface area contributed by atoms with Gasteiger partial charge in [-0.15, -0.1) is 0 Å². The van der Waals surface area contributed by atoms with Crippen molar-refractivity contribution in [3.63, 3.8) is 0 Å². The van der Waals surface area contributed by atoms with Crippen LogP contribution in [0.25, 0.3) is 0 Å². The summed E-state index contributed by atoms with van der Waals surface area (Å²) >= 11 is 0. The van der Waals surface area contributed by atoms with Crippen molar-refractivity contribution < 1.29 is 52.1 Å². The van der Waals surface area contributed by atoms with Gasteiger partial charge < -0.3 is 26.5 Å². The molecule has 0 aromatic heterocycles. The van der Waals surface area contributed by atoms with E-state index in [4.69, 9.17) is 4.74 Å². The quantitative estimate of drug-likeness (QED) is 0.0376. The molecule has 0 spiro atoms. The van der Waals surface area contributed by atoms with E-state index in [0.717, 1.165) is 90.3 Å². The van der Waals surface area contributed by atoms with E-state index in [1.165, 1.54) is 148 Å². The molecule has 0 aliphatic carbocycles. The van der Waals surface area contributed by atoms with Crippen molar-refractivity contribution in [1.82, 2.24) is 4.90 Å². The van der Waals surface area contributed by atoms with E-state index < -0.39 is 0 Å². The number of aliphatic hydroxyl groups excluding tert-OH is 1. The summed E-state index contributed by atoms with van der Waals surface area (Å²) in [5.41, 5.74) is 0. The molecule has 0 saturated heterocycles. The third-order valence-electron chi connectivity index (χ3n) is 11.0. The van der Waals surface area contributed by atoms with Crippen LogP contribution < -0.4 is 0 Å². The summed E-state index contributed by atoms with van der Waals surface area (Å²) < 4.78 is 5.76. The van der Waals surface area contributed by atoms with Crippen molar-refractivity contribution in [2.24, 2.45) is 5.92 Å². The van der Waals surface area contributed by atoms with E-state index in [1.54, 1.807) is 6.92 Å². The SMILES string of the molecule is CCCCCCCCC(O)CCCCCC.[CH2-]CCCCCN(CCCCCCOC(=O)C(CCCCCC)CCCCCCCC)CCCCC(C)=O.[Y].